The van der Waals surface area contributed by atoms with Crippen LogP contribution >= 0.6 is 0 Å². The third-order valence-electron chi connectivity index (χ3n) is 3.56. The van der Waals surface area contributed by atoms with Crippen LogP contribution in [0.2, 0.25) is 0 Å². The SMILES string of the molecule is CC(NCCc1cccc2[nH]ccc12)c1cnccn1. The molecule has 0 aliphatic carbocycles. The summed E-state index contributed by atoms with van der Waals surface area (Å²) in [5.41, 5.74) is 3.54. The Morgan fingerprint density at radius 2 is 2.20 bits per heavy atom. The van der Waals surface area contributed by atoms with Crippen molar-refractivity contribution in [2.75, 3.05) is 6.54 Å². The normalized spacial score (nSPS) is 12.7. The van der Waals surface area contributed by atoms with Crippen LogP contribution in [-0.2, 0) is 6.42 Å². The van der Waals surface area contributed by atoms with Gasteiger partial charge in [0.15, 0.2) is 0 Å². The second-order valence-corrected chi connectivity index (χ2v) is 4.91. The molecule has 0 fully saturated rings. The molecule has 102 valence electrons. The minimum absolute atomic E-state index is 0.217. The summed E-state index contributed by atoms with van der Waals surface area (Å²) in [6.07, 6.45) is 8.23. The summed E-state index contributed by atoms with van der Waals surface area (Å²) >= 11 is 0. The second kappa shape index (κ2) is 5.84. The fourth-order valence-corrected chi connectivity index (χ4v) is 2.43. The van der Waals surface area contributed by atoms with Gasteiger partial charge >= 0.3 is 0 Å². The van der Waals surface area contributed by atoms with Crippen LogP contribution in [0.4, 0.5) is 0 Å². The summed E-state index contributed by atoms with van der Waals surface area (Å²) in [7, 11) is 0. The maximum Gasteiger partial charge on any atom is 0.0753 e. The Hall–Kier alpha value is -2.20. The van der Waals surface area contributed by atoms with Crippen molar-refractivity contribution in [1.29, 1.82) is 0 Å². The smallest absolute Gasteiger partial charge is 0.0753 e. The number of hydrogen-bond acceptors (Lipinski definition) is 3. The molecule has 2 aromatic heterocycles. The molecule has 0 saturated heterocycles. The molecule has 1 atom stereocenters. The molecule has 4 heteroatoms. The van der Waals surface area contributed by atoms with Gasteiger partial charge in [-0.25, -0.2) is 0 Å². The third kappa shape index (κ3) is 2.70. The van der Waals surface area contributed by atoms with Crippen molar-refractivity contribution in [1.82, 2.24) is 20.3 Å². The molecule has 0 aliphatic rings. The van der Waals surface area contributed by atoms with E-state index in [4.69, 9.17) is 0 Å². The van der Waals surface area contributed by atoms with Gasteiger partial charge in [-0.3, -0.25) is 9.97 Å². The molecule has 0 spiro atoms. The Bertz CT molecular complexity index is 675. The number of aromatic amines is 1. The van der Waals surface area contributed by atoms with Crippen molar-refractivity contribution in [3.8, 4) is 0 Å². The van der Waals surface area contributed by atoms with Crippen LogP contribution in [0, 0.1) is 0 Å². The zero-order valence-corrected chi connectivity index (χ0v) is 11.5. The maximum absolute atomic E-state index is 4.32. The molecule has 20 heavy (non-hydrogen) atoms. The van der Waals surface area contributed by atoms with Gasteiger partial charge in [0.05, 0.1) is 5.69 Å². The van der Waals surface area contributed by atoms with E-state index >= 15 is 0 Å². The van der Waals surface area contributed by atoms with Gasteiger partial charge in [0.1, 0.15) is 0 Å². The van der Waals surface area contributed by atoms with Gasteiger partial charge in [0, 0.05) is 41.7 Å². The molecule has 1 aromatic carbocycles. The average molecular weight is 266 g/mol. The van der Waals surface area contributed by atoms with Crippen LogP contribution < -0.4 is 5.32 Å². The quantitative estimate of drug-likeness (QED) is 0.746. The molecular weight excluding hydrogens is 248 g/mol. The Labute approximate surface area is 118 Å². The Balaban J connectivity index is 1.61. The van der Waals surface area contributed by atoms with E-state index in [0.717, 1.165) is 18.7 Å². The van der Waals surface area contributed by atoms with E-state index in [-0.39, 0.29) is 6.04 Å². The van der Waals surface area contributed by atoms with Gasteiger partial charge in [-0.1, -0.05) is 12.1 Å². The standard InChI is InChI=1S/C16H18N4/c1-12(16-11-17-9-10-20-16)18-7-5-13-3-2-4-15-14(13)6-8-19-15/h2-4,6,8-12,18-19H,5,7H2,1H3. The van der Waals surface area contributed by atoms with Crippen molar-refractivity contribution < 1.29 is 0 Å². The van der Waals surface area contributed by atoms with E-state index in [1.165, 1.54) is 16.5 Å². The number of nitrogens with one attached hydrogen (secondary N) is 2. The number of hydrogen-bond donors (Lipinski definition) is 2. The molecule has 0 radical (unpaired) electrons. The van der Waals surface area contributed by atoms with Gasteiger partial charge < -0.3 is 10.3 Å². The predicted molar refractivity (Wildman–Crippen MR) is 80.5 cm³/mol. The third-order valence-corrected chi connectivity index (χ3v) is 3.56. The van der Waals surface area contributed by atoms with E-state index in [2.05, 4.69) is 51.5 Å². The summed E-state index contributed by atoms with van der Waals surface area (Å²) in [5.74, 6) is 0. The molecule has 2 N–H and O–H groups in total. The Morgan fingerprint density at radius 3 is 3.05 bits per heavy atom. The van der Waals surface area contributed by atoms with Crippen molar-refractivity contribution in [3.05, 3.63) is 60.3 Å². The second-order valence-electron chi connectivity index (χ2n) is 4.91. The van der Waals surface area contributed by atoms with Crippen LogP contribution in [0.5, 0.6) is 0 Å². The number of fused-ring (bicyclic) bond motifs is 1. The summed E-state index contributed by atoms with van der Waals surface area (Å²) in [6, 6.07) is 8.74. The van der Waals surface area contributed by atoms with Gasteiger partial charge in [0.25, 0.3) is 0 Å². The molecule has 0 saturated carbocycles. The lowest BCUT2D eigenvalue weighted by Crippen LogP contribution is -2.22. The highest BCUT2D eigenvalue weighted by molar-refractivity contribution is 5.82. The van der Waals surface area contributed by atoms with E-state index in [1.807, 2.05) is 12.4 Å². The van der Waals surface area contributed by atoms with E-state index < -0.39 is 0 Å². The Morgan fingerprint density at radius 1 is 1.25 bits per heavy atom. The fraction of sp³-hybridized carbons (Fsp3) is 0.250. The number of H-pyrrole nitrogens is 1. The topological polar surface area (TPSA) is 53.6 Å². The number of rotatable bonds is 5. The molecule has 3 rings (SSSR count). The molecule has 1 unspecified atom stereocenters. The first-order valence-electron chi connectivity index (χ1n) is 6.89. The average Bonchev–Trinajstić information content (AvgIpc) is 2.97. The van der Waals surface area contributed by atoms with Crippen LogP contribution in [0.3, 0.4) is 0 Å². The van der Waals surface area contributed by atoms with Gasteiger partial charge in [-0.2, -0.15) is 0 Å². The van der Waals surface area contributed by atoms with Crippen molar-refractivity contribution >= 4 is 10.9 Å². The largest absolute Gasteiger partial charge is 0.361 e. The first-order valence-corrected chi connectivity index (χ1v) is 6.89. The molecule has 2 heterocycles. The van der Waals surface area contributed by atoms with Crippen molar-refractivity contribution in [2.24, 2.45) is 0 Å². The lowest BCUT2D eigenvalue weighted by atomic mass is 10.1. The highest BCUT2D eigenvalue weighted by Crippen LogP contribution is 2.17. The maximum atomic E-state index is 4.32. The zero-order chi connectivity index (χ0) is 13.8. The summed E-state index contributed by atoms with van der Waals surface area (Å²) in [6.45, 7) is 3.03. The van der Waals surface area contributed by atoms with Gasteiger partial charge in [0.2, 0.25) is 0 Å². The molecule has 0 amide bonds. The van der Waals surface area contributed by atoms with Crippen molar-refractivity contribution in [3.63, 3.8) is 0 Å². The van der Waals surface area contributed by atoms with Crippen LogP contribution in [0.15, 0.2) is 49.1 Å². The number of aromatic nitrogens is 3. The molecule has 3 aromatic rings. The first kappa shape index (κ1) is 12.8. The molecule has 0 aliphatic heterocycles. The predicted octanol–water partition coefficient (Wildman–Crippen LogP) is 2.85. The zero-order valence-electron chi connectivity index (χ0n) is 11.5. The monoisotopic (exact) mass is 266 g/mol. The summed E-state index contributed by atoms with van der Waals surface area (Å²) < 4.78 is 0. The van der Waals surface area contributed by atoms with Crippen LogP contribution in [0.25, 0.3) is 10.9 Å². The highest BCUT2D eigenvalue weighted by atomic mass is 14.9. The molecule has 4 nitrogen and oxygen atoms in total. The van der Waals surface area contributed by atoms with Crippen LogP contribution in [-0.4, -0.2) is 21.5 Å². The van der Waals surface area contributed by atoms with Gasteiger partial charge in [-0.05, 0) is 37.6 Å². The fourth-order valence-electron chi connectivity index (χ4n) is 2.43. The van der Waals surface area contributed by atoms with Gasteiger partial charge in [-0.15, -0.1) is 0 Å². The van der Waals surface area contributed by atoms with E-state index in [1.54, 1.807) is 12.4 Å². The summed E-state index contributed by atoms with van der Waals surface area (Å²) in [4.78, 5) is 11.7. The van der Waals surface area contributed by atoms with E-state index in [0.29, 0.717) is 0 Å². The minimum Gasteiger partial charge on any atom is -0.361 e. The highest BCUT2D eigenvalue weighted by Gasteiger charge is 2.06. The number of benzene rings is 1. The minimum atomic E-state index is 0.217. The van der Waals surface area contributed by atoms with Crippen LogP contribution in [0.1, 0.15) is 24.2 Å². The molecule has 0 bridgehead atoms. The van der Waals surface area contributed by atoms with E-state index in [9.17, 15) is 0 Å². The lowest BCUT2D eigenvalue weighted by molar-refractivity contribution is 0.562. The summed E-state index contributed by atoms with van der Waals surface area (Å²) in [5, 5.41) is 4.80. The lowest BCUT2D eigenvalue weighted by Gasteiger charge is -2.13. The molecular formula is C16H18N4. The Kier molecular flexibility index (Phi) is 3.74. The van der Waals surface area contributed by atoms with Crippen molar-refractivity contribution in [2.45, 2.75) is 19.4 Å². The number of nitrogens with zero attached hydrogens (tertiary/aromatic N) is 2. The first-order chi connectivity index (χ1) is 9.84.